The number of carbonyl (C=O) groups is 1. The summed E-state index contributed by atoms with van der Waals surface area (Å²) in [5, 5.41) is 13.1. The molecule has 0 radical (unpaired) electrons. The number of nitrogens with zero attached hydrogens (tertiary/aromatic N) is 1. The van der Waals surface area contributed by atoms with Gasteiger partial charge in [0.2, 0.25) is 0 Å². The SMILES string of the molecule is C=C1NC(=O)C(C)=CN1C1CC(O)C(CC(C)(C)C)C1. The van der Waals surface area contributed by atoms with Crippen molar-refractivity contribution < 1.29 is 9.90 Å². The van der Waals surface area contributed by atoms with Gasteiger partial charge in [-0.05, 0) is 37.5 Å². The van der Waals surface area contributed by atoms with Crippen LogP contribution in [0, 0.1) is 11.3 Å². The lowest BCUT2D eigenvalue weighted by Gasteiger charge is -2.33. The third-order valence-corrected chi connectivity index (χ3v) is 4.16. The lowest BCUT2D eigenvalue weighted by Crippen LogP contribution is -2.41. The molecule has 20 heavy (non-hydrogen) atoms. The van der Waals surface area contributed by atoms with Crippen molar-refractivity contribution in [3.05, 3.63) is 24.2 Å². The summed E-state index contributed by atoms with van der Waals surface area (Å²) >= 11 is 0. The van der Waals surface area contributed by atoms with Crippen LogP contribution in [0.1, 0.15) is 47.0 Å². The van der Waals surface area contributed by atoms with E-state index < -0.39 is 0 Å². The van der Waals surface area contributed by atoms with Gasteiger partial charge in [0.1, 0.15) is 5.82 Å². The van der Waals surface area contributed by atoms with E-state index in [2.05, 4.69) is 32.7 Å². The van der Waals surface area contributed by atoms with Crippen LogP contribution < -0.4 is 5.32 Å². The molecule has 2 N–H and O–H groups in total. The van der Waals surface area contributed by atoms with Gasteiger partial charge in [-0.3, -0.25) is 4.79 Å². The van der Waals surface area contributed by atoms with Gasteiger partial charge in [-0.25, -0.2) is 0 Å². The quantitative estimate of drug-likeness (QED) is 0.815. The zero-order valence-electron chi connectivity index (χ0n) is 12.9. The summed E-state index contributed by atoms with van der Waals surface area (Å²) in [4.78, 5) is 13.6. The van der Waals surface area contributed by atoms with Crippen molar-refractivity contribution in [3.8, 4) is 0 Å². The Hall–Kier alpha value is -1.29. The van der Waals surface area contributed by atoms with Gasteiger partial charge >= 0.3 is 0 Å². The van der Waals surface area contributed by atoms with Crippen LogP contribution in [-0.4, -0.2) is 28.1 Å². The topological polar surface area (TPSA) is 52.6 Å². The molecule has 0 saturated heterocycles. The summed E-state index contributed by atoms with van der Waals surface area (Å²) in [6.45, 7) is 12.3. The van der Waals surface area contributed by atoms with E-state index in [9.17, 15) is 9.90 Å². The highest BCUT2D eigenvalue weighted by Crippen LogP contribution is 2.38. The van der Waals surface area contributed by atoms with E-state index in [1.807, 2.05) is 11.1 Å². The van der Waals surface area contributed by atoms with E-state index in [4.69, 9.17) is 0 Å². The number of nitrogens with one attached hydrogen (secondary N) is 1. The third kappa shape index (κ3) is 3.23. The maximum absolute atomic E-state index is 11.6. The van der Waals surface area contributed by atoms with Gasteiger partial charge in [0.05, 0.1) is 6.10 Å². The molecule has 4 heteroatoms. The molecular formula is C16H26N2O2. The predicted molar refractivity (Wildman–Crippen MR) is 79.5 cm³/mol. The maximum atomic E-state index is 11.6. The van der Waals surface area contributed by atoms with E-state index in [0.29, 0.717) is 17.3 Å². The van der Waals surface area contributed by atoms with E-state index in [1.54, 1.807) is 6.92 Å². The van der Waals surface area contributed by atoms with Crippen LogP contribution in [0.15, 0.2) is 24.2 Å². The van der Waals surface area contributed by atoms with Crippen LogP contribution in [0.5, 0.6) is 0 Å². The molecule has 1 saturated carbocycles. The number of aliphatic hydroxyl groups is 1. The molecule has 0 spiro atoms. The minimum atomic E-state index is -0.265. The average molecular weight is 278 g/mol. The van der Waals surface area contributed by atoms with Crippen molar-refractivity contribution in [3.63, 3.8) is 0 Å². The molecular weight excluding hydrogens is 252 g/mol. The molecule has 1 heterocycles. The summed E-state index contributed by atoms with van der Waals surface area (Å²) in [6, 6.07) is 0.223. The summed E-state index contributed by atoms with van der Waals surface area (Å²) in [6.07, 6.45) is 4.28. The van der Waals surface area contributed by atoms with Crippen molar-refractivity contribution in [2.24, 2.45) is 11.3 Å². The fourth-order valence-corrected chi connectivity index (χ4v) is 3.27. The molecule has 3 unspecified atom stereocenters. The Morgan fingerprint density at radius 2 is 2.10 bits per heavy atom. The summed E-state index contributed by atoms with van der Waals surface area (Å²) in [7, 11) is 0. The number of rotatable bonds is 2. The molecule has 0 bridgehead atoms. The van der Waals surface area contributed by atoms with Gasteiger partial charge in [-0.2, -0.15) is 0 Å². The molecule has 4 nitrogen and oxygen atoms in total. The van der Waals surface area contributed by atoms with Gasteiger partial charge in [0, 0.05) is 17.8 Å². The van der Waals surface area contributed by atoms with Crippen LogP contribution in [0.25, 0.3) is 0 Å². The summed E-state index contributed by atoms with van der Waals surface area (Å²) in [5.41, 5.74) is 0.908. The van der Waals surface area contributed by atoms with Crippen molar-refractivity contribution >= 4 is 5.91 Å². The van der Waals surface area contributed by atoms with E-state index in [1.165, 1.54) is 0 Å². The number of aliphatic hydroxyl groups excluding tert-OH is 1. The Morgan fingerprint density at radius 1 is 1.45 bits per heavy atom. The molecule has 1 aliphatic carbocycles. The number of hydrogen-bond acceptors (Lipinski definition) is 3. The largest absolute Gasteiger partial charge is 0.393 e. The monoisotopic (exact) mass is 278 g/mol. The zero-order valence-corrected chi connectivity index (χ0v) is 12.9. The lowest BCUT2D eigenvalue weighted by atomic mass is 9.83. The number of carbonyl (C=O) groups excluding carboxylic acids is 1. The van der Waals surface area contributed by atoms with Crippen LogP contribution >= 0.6 is 0 Å². The van der Waals surface area contributed by atoms with Gasteiger partial charge in [0.15, 0.2) is 0 Å². The highest BCUT2D eigenvalue weighted by Gasteiger charge is 2.38. The molecule has 1 fully saturated rings. The molecule has 0 aromatic rings. The highest BCUT2D eigenvalue weighted by molar-refractivity contribution is 5.94. The Balaban J connectivity index is 2.08. The molecule has 112 valence electrons. The first-order valence-corrected chi connectivity index (χ1v) is 7.32. The maximum Gasteiger partial charge on any atom is 0.253 e. The molecule has 2 rings (SSSR count). The van der Waals surface area contributed by atoms with Crippen molar-refractivity contribution in [2.45, 2.75) is 59.1 Å². The molecule has 1 amide bonds. The number of hydrogen-bond donors (Lipinski definition) is 2. The molecule has 1 aliphatic heterocycles. The predicted octanol–water partition coefficient (Wildman–Crippen LogP) is 2.37. The average Bonchev–Trinajstić information content (AvgIpc) is 2.63. The normalized spacial score (nSPS) is 31.4. The second-order valence-electron chi connectivity index (χ2n) is 7.34. The minimum Gasteiger partial charge on any atom is -0.393 e. The van der Waals surface area contributed by atoms with Crippen molar-refractivity contribution in [2.75, 3.05) is 0 Å². The van der Waals surface area contributed by atoms with Crippen molar-refractivity contribution in [1.29, 1.82) is 0 Å². The van der Waals surface area contributed by atoms with Crippen LogP contribution in [0.4, 0.5) is 0 Å². The first kappa shape index (κ1) is 15.1. The van der Waals surface area contributed by atoms with Crippen LogP contribution in [0.3, 0.4) is 0 Å². The smallest absolute Gasteiger partial charge is 0.253 e. The standard InChI is InChI=1S/C16H26N2O2/c1-10-9-18(11(2)17-15(10)20)13-6-12(14(19)7-13)8-16(3,4)5/h9,12-14,19H,2,6-8H2,1,3-5H3,(H,17,20). The van der Waals surface area contributed by atoms with E-state index >= 15 is 0 Å². The fourth-order valence-electron chi connectivity index (χ4n) is 3.27. The van der Waals surface area contributed by atoms with Crippen LogP contribution in [0.2, 0.25) is 0 Å². The summed E-state index contributed by atoms with van der Waals surface area (Å²) < 4.78 is 0. The minimum absolute atomic E-state index is 0.0870. The molecule has 3 atom stereocenters. The lowest BCUT2D eigenvalue weighted by molar-refractivity contribution is -0.117. The third-order valence-electron chi connectivity index (χ3n) is 4.16. The van der Waals surface area contributed by atoms with Gasteiger partial charge in [-0.15, -0.1) is 0 Å². The second kappa shape index (κ2) is 5.24. The highest BCUT2D eigenvalue weighted by atomic mass is 16.3. The summed E-state index contributed by atoms with van der Waals surface area (Å²) in [5.74, 6) is 0.851. The van der Waals surface area contributed by atoms with Gasteiger partial charge in [-0.1, -0.05) is 27.4 Å². The van der Waals surface area contributed by atoms with Gasteiger partial charge < -0.3 is 15.3 Å². The first-order valence-electron chi connectivity index (χ1n) is 7.32. The van der Waals surface area contributed by atoms with Gasteiger partial charge in [0.25, 0.3) is 5.91 Å². The Bertz CT molecular complexity index is 448. The Labute approximate surface area is 121 Å². The second-order valence-corrected chi connectivity index (χ2v) is 7.34. The molecule has 2 aliphatic rings. The molecule has 0 aromatic carbocycles. The number of amides is 1. The molecule has 0 aromatic heterocycles. The van der Waals surface area contributed by atoms with E-state index in [-0.39, 0.29) is 23.5 Å². The van der Waals surface area contributed by atoms with Crippen molar-refractivity contribution in [1.82, 2.24) is 10.2 Å². The Kier molecular flexibility index (Phi) is 3.96. The zero-order chi connectivity index (χ0) is 15.1. The van der Waals surface area contributed by atoms with E-state index in [0.717, 1.165) is 19.3 Å². The Morgan fingerprint density at radius 3 is 2.70 bits per heavy atom. The fraction of sp³-hybridized carbons (Fsp3) is 0.688. The van der Waals surface area contributed by atoms with Crippen LogP contribution in [-0.2, 0) is 4.79 Å². The first-order chi connectivity index (χ1) is 9.17.